The molecule has 2 atom stereocenters. The van der Waals surface area contributed by atoms with Gasteiger partial charge in [-0.1, -0.05) is 49.4 Å². The van der Waals surface area contributed by atoms with Gasteiger partial charge in [0.1, 0.15) is 11.9 Å². The molecule has 2 heteroatoms. The van der Waals surface area contributed by atoms with Gasteiger partial charge in [-0.25, -0.2) is 0 Å². The van der Waals surface area contributed by atoms with E-state index >= 15 is 0 Å². The number of hydrogen-bond acceptors (Lipinski definition) is 2. The second-order valence-corrected chi connectivity index (χ2v) is 5.80. The van der Waals surface area contributed by atoms with Crippen LogP contribution in [0.2, 0.25) is 0 Å². The molecule has 110 valence electrons. The van der Waals surface area contributed by atoms with Gasteiger partial charge in [0, 0.05) is 12.5 Å². The molecular formula is C19H23NO. The largest absolute Gasteiger partial charge is 0.490 e. The van der Waals surface area contributed by atoms with Crippen molar-refractivity contribution >= 4 is 0 Å². The fraction of sp³-hybridized carbons (Fsp3) is 0.368. The number of nitrogens with one attached hydrogen (secondary N) is 1. The maximum atomic E-state index is 5.80. The van der Waals surface area contributed by atoms with Crippen LogP contribution in [0.4, 0.5) is 0 Å². The van der Waals surface area contributed by atoms with E-state index in [0.29, 0.717) is 12.1 Å². The monoisotopic (exact) mass is 281 g/mol. The van der Waals surface area contributed by atoms with E-state index in [1.807, 2.05) is 0 Å². The Kier molecular flexibility index (Phi) is 4.26. The molecule has 1 aliphatic heterocycles. The minimum atomic E-state index is 0.307. The average Bonchev–Trinajstić information content (AvgIpc) is 2.87. The van der Waals surface area contributed by atoms with Gasteiger partial charge < -0.3 is 10.1 Å². The van der Waals surface area contributed by atoms with Gasteiger partial charge in [-0.05, 0) is 42.6 Å². The van der Waals surface area contributed by atoms with Crippen LogP contribution in [0.1, 0.15) is 36.6 Å². The first-order valence-electron chi connectivity index (χ1n) is 7.83. The highest BCUT2D eigenvalue weighted by Gasteiger charge is 2.21. The Balaban J connectivity index is 1.83. The minimum absolute atomic E-state index is 0.307. The maximum absolute atomic E-state index is 5.80. The summed E-state index contributed by atoms with van der Waals surface area (Å²) in [5, 5.41) is 3.61. The summed E-state index contributed by atoms with van der Waals surface area (Å²) in [6.07, 6.45) is 2.35. The third kappa shape index (κ3) is 3.27. The van der Waals surface area contributed by atoms with Crippen LogP contribution < -0.4 is 10.1 Å². The predicted octanol–water partition coefficient (Wildman–Crippen LogP) is 3.90. The lowest BCUT2D eigenvalue weighted by Gasteiger charge is -2.19. The van der Waals surface area contributed by atoms with Crippen molar-refractivity contribution < 1.29 is 4.74 Å². The topological polar surface area (TPSA) is 21.3 Å². The molecule has 0 saturated carbocycles. The summed E-state index contributed by atoms with van der Waals surface area (Å²) in [5.74, 6) is 1.06. The lowest BCUT2D eigenvalue weighted by Crippen LogP contribution is -2.23. The van der Waals surface area contributed by atoms with Gasteiger partial charge in [-0.2, -0.15) is 0 Å². The van der Waals surface area contributed by atoms with E-state index < -0.39 is 0 Å². The first-order valence-corrected chi connectivity index (χ1v) is 7.83. The van der Waals surface area contributed by atoms with Crippen LogP contribution >= 0.6 is 0 Å². The Bertz CT molecular complexity index is 594. The maximum Gasteiger partial charge on any atom is 0.123 e. The van der Waals surface area contributed by atoms with E-state index in [1.165, 1.54) is 16.7 Å². The lowest BCUT2D eigenvalue weighted by molar-refractivity contribution is 0.254. The molecule has 3 rings (SSSR count). The molecule has 0 amide bonds. The van der Waals surface area contributed by atoms with Crippen molar-refractivity contribution in [3.8, 4) is 5.75 Å². The normalized spacial score (nSPS) is 18.1. The smallest absolute Gasteiger partial charge is 0.123 e. The van der Waals surface area contributed by atoms with Crippen molar-refractivity contribution in [3.63, 3.8) is 0 Å². The molecule has 0 fully saturated rings. The van der Waals surface area contributed by atoms with Gasteiger partial charge >= 0.3 is 0 Å². The molecule has 0 radical (unpaired) electrons. The Morgan fingerprint density at radius 2 is 2.00 bits per heavy atom. The third-order valence-electron chi connectivity index (χ3n) is 4.06. The number of ether oxygens (including phenoxy) is 1. The zero-order valence-corrected chi connectivity index (χ0v) is 12.8. The van der Waals surface area contributed by atoms with Crippen LogP contribution in [-0.4, -0.2) is 12.6 Å². The highest BCUT2D eigenvalue weighted by Crippen LogP contribution is 2.31. The van der Waals surface area contributed by atoms with Gasteiger partial charge in [0.25, 0.3) is 0 Å². The summed E-state index contributed by atoms with van der Waals surface area (Å²) in [4.78, 5) is 0. The second kappa shape index (κ2) is 6.31. The Morgan fingerprint density at radius 1 is 1.19 bits per heavy atom. The number of benzene rings is 2. The van der Waals surface area contributed by atoms with Gasteiger partial charge in [0.2, 0.25) is 0 Å². The van der Waals surface area contributed by atoms with E-state index in [4.69, 9.17) is 4.74 Å². The summed E-state index contributed by atoms with van der Waals surface area (Å²) in [6, 6.07) is 17.7. The SMILES string of the molecule is CCNC(Cc1ccccc1)c1ccc2c(c1)CC(C)O2. The van der Waals surface area contributed by atoms with Crippen LogP contribution in [-0.2, 0) is 12.8 Å². The van der Waals surface area contributed by atoms with Crippen LogP contribution in [0.3, 0.4) is 0 Å². The fourth-order valence-corrected chi connectivity index (χ4v) is 3.06. The quantitative estimate of drug-likeness (QED) is 0.897. The summed E-state index contributed by atoms with van der Waals surface area (Å²) >= 11 is 0. The van der Waals surface area contributed by atoms with Crippen molar-refractivity contribution in [2.45, 2.75) is 38.8 Å². The van der Waals surface area contributed by atoms with E-state index in [-0.39, 0.29) is 0 Å². The van der Waals surface area contributed by atoms with E-state index in [1.54, 1.807) is 0 Å². The number of rotatable bonds is 5. The molecule has 2 aromatic carbocycles. The van der Waals surface area contributed by atoms with E-state index in [9.17, 15) is 0 Å². The number of fused-ring (bicyclic) bond motifs is 1. The Hall–Kier alpha value is -1.80. The Labute approximate surface area is 127 Å². The van der Waals surface area contributed by atoms with Crippen molar-refractivity contribution in [2.75, 3.05) is 6.54 Å². The molecule has 2 nitrogen and oxygen atoms in total. The van der Waals surface area contributed by atoms with Crippen molar-refractivity contribution in [3.05, 3.63) is 65.2 Å². The second-order valence-electron chi connectivity index (χ2n) is 5.80. The molecule has 2 unspecified atom stereocenters. The molecule has 0 saturated heterocycles. The van der Waals surface area contributed by atoms with Crippen molar-refractivity contribution in [1.29, 1.82) is 0 Å². The average molecular weight is 281 g/mol. The first kappa shape index (κ1) is 14.2. The fourth-order valence-electron chi connectivity index (χ4n) is 3.06. The lowest BCUT2D eigenvalue weighted by atomic mass is 9.96. The predicted molar refractivity (Wildman–Crippen MR) is 86.8 cm³/mol. The van der Waals surface area contributed by atoms with E-state index in [0.717, 1.165) is 25.1 Å². The molecule has 0 bridgehead atoms. The molecule has 1 N–H and O–H groups in total. The zero-order valence-electron chi connectivity index (χ0n) is 12.8. The summed E-state index contributed by atoms with van der Waals surface area (Å²) in [5.41, 5.74) is 4.07. The van der Waals surface area contributed by atoms with Crippen molar-refractivity contribution in [1.82, 2.24) is 5.32 Å². The van der Waals surface area contributed by atoms with Crippen LogP contribution in [0.15, 0.2) is 48.5 Å². The Morgan fingerprint density at radius 3 is 2.76 bits per heavy atom. The summed E-state index contributed by atoms with van der Waals surface area (Å²) in [6.45, 7) is 5.27. The van der Waals surface area contributed by atoms with Gasteiger partial charge in [-0.3, -0.25) is 0 Å². The van der Waals surface area contributed by atoms with Crippen LogP contribution in [0.5, 0.6) is 5.75 Å². The summed E-state index contributed by atoms with van der Waals surface area (Å²) in [7, 11) is 0. The van der Waals surface area contributed by atoms with Crippen LogP contribution in [0.25, 0.3) is 0 Å². The highest BCUT2D eigenvalue weighted by atomic mass is 16.5. The molecule has 0 aromatic heterocycles. The third-order valence-corrected chi connectivity index (χ3v) is 4.06. The van der Waals surface area contributed by atoms with Crippen LogP contribution in [0, 0.1) is 0 Å². The number of likely N-dealkylation sites (N-methyl/N-ethyl adjacent to an activating group) is 1. The molecule has 1 heterocycles. The zero-order chi connectivity index (χ0) is 14.7. The molecular weight excluding hydrogens is 258 g/mol. The van der Waals surface area contributed by atoms with E-state index in [2.05, 4.69) is 67.7 Å². The number of hydrogen-bond donors (Lipinski definition) is 1. The summed E-state index contributed by atoms with van der Waals surface area (Å²) < 4.78 is 5.80. The van der Waals surface area contributed by atoms with Crippen molar-refractivity contribution in [2.24, 2.45) is 0 Å². The van der Waals surface area contributed by atoms with Gasteiger partial charge in [0.05, 0.1) is 0 Å². The van der Waals surface area contributed by atoms with Gasteiger partial charge in [-0.15, -0.1) is 0 Å². The molecule has 21 heavy (non-hydrogen) atoms. The standard InChI is InChI=1S/C19H23NO/c1-3-20-18(12-15-7-5-4-6-8-15)16-9-10-19-17(13-16)11-14(2)21-19/h4-10,13-14,18,20H,3,11-12H2,1-2H3. The molecule has 1 aliphatic rings. The molecule has 0 aliphatic carbocycles. The first-order chi connectivity index (χ1) is 10.3. The molecule has 0 spiro atoms. The minimum Gasteiger partial charge on any atom is -0.490 e. The molecule has 2 aromatic rings. The van der Waals surface area contributed by atoms with Gasteiger partial charge in [0.15, 0.2) is 0 Å². The highest BCUT2D eigenvalue weighted by molar-refractivity contribution is 5.42.